The molecule has 0 atom stereocenters. The summed E-state index contributed by atoms with van der Waals surface area (Å²) in [5.74, 6) is 0.880. The molecule has 1 aromatic heterocycles. The number of hydrogen-bond donors (Lipinski definition) is 1. The third-order valence-corrected chi connectivity index (χ3v) is 5.60. The number of nitrogens with zero attached hydrogens (tertiary/aromatic N) is 4. The van der Waals surface area contributed by atoms with E-state index >= 15 is 0 Å². The van der Waals surface area contributed by atoms with Crippen LogP contribution < -0.4 is 5.32 Å². The van der Waals surface area contributed by atoms with Gasteiger partial charge in [-0.25, -0.2) is 9.98 Å². The van der Waals surface area contributed by atoms with Crippen LogP contribution in [0.15, 0.2) is 29.3 Å². The van der Waals surface area contributed by atoms with Crippen molar-refractivity contribution in [3.63, 3.8) is 0 Å². The third kappa shape index (κ3) is 4.61. The van der Waals surface area contributed by atoms with E-state index in [-0.39, 0.29) is 0 Å². The quantitative estimate of drug-likeness (QED) is 0.649. The minimum absolute atomic E-state index is 0.590. The summed E-state index contributed by atoms with van der Waals surface area (Å²) in [6.07, 6.45) is 4.87. The summed E-state index contributed by atoms with van der Waals surface area (Å²) >= 11 is 1.85. The van der Waals surface area contributed by atoms with Crippen LogP contribution in [0, 0.1) is 11.3 Å². The lowest BCUT2D eigenvalue weighted by Crippen LogP contribution is -2.38. The SMILES string of the molecule is CCNC(=NCc1ccc(C#N)cc1)N(C)Cc1nc2c(s1)CCCC2. The van der Waals surface area contributed by atoms with Gasteiger partial charge in [-0.05, 0) is 50.3 Å². The maximum Gasteiger partial charge on any atom is 0.194 e. The first kappa shape index (κ1) is 18.4. The van der Waals surface area contributed by atoms with Gasteiger partial charge in [0.2, 0.25) is 0 Å². The lowest BCUT2D eigenvalue weighted by Gasteiger charge is -2.21. The molecule has 6 heteroatoms. The Labute approximate surface area is 159 Å². The second-order valence-electron chi connectivity index (χ2n) is 6.52. The molecule has 0 saturated carbocycles. The first-order chi connectivity index (χ1) is 12.7. The second kappa shape index (κ2) is 8.81. The van der Waals surface area contributed by atoms with Crippen LogP contribution in [0.25, 0.3) is 0 Å². The number of guanidine groups is 1. The van der Waals surface area contributed by atoms with E-state index in [1.54, 1.807) is 0 Å². The predicted octanol–water partition coefficient (Wildman–Crippen LogP) is 3.49. The van der Waals surface area contributed by atoms with Gasteiger partial charge in [-0.1, -0.05) is 12.1 Å². The molecular formula is C20H25N5S. The number of aryl methyl sites for hydroxylation is 2. The molecule has 0 unspecified atom stereocenters. The number of thiazole rings is 1. The van der Waals surface area contributed by atoms with E-state index in [4.69, 9.17) is 15.2 Å². The average molecular weight is 368 g/mol. The summed E-state index contributed by atoms with van der Waals surface area (Å²) in [4.78, 5) is 13.2. The lowest BCUT2D eigenvalue weighted by molar-refractivity contribution is 0.474. The Hall–Kier alpha value is -2.39. The Bertz CT molecular complexity index is 777. The van der Waals surface area contributed by atoms with Crippen LogP contribution in [-0.2, 0) is 25.9 Å². The van der Waals surface area contributed by atoms with Crippen LogP contribution in [-0.4, -0.2) is 29.4 Å². The van der Waals surface area contributed by atoms with Gasteiger partial charge >= 0.3 is 0 Å². The summed E-state index contributed by atoms with van der Waals surface area (Å²) in [6.45, 7) is 4.27. The van der Waals surface area contributed by atoms with Crippen molar-refractivity contribution in [3.8, 4) is 6.07 Å². The molecule has 0 fully saturated rings. The molecule has 1 N–H and O–H groups in total. The van der Waals surface area contributed by atoms with Crippen LogP contribution in [0.4, 0.5) is 0 Å². The Kier molecular flexibility index (Phi) is 6.24. The molecule has 2 aromatic rings. The molecule has 0 spiro atoms. The molecule has 26 heavy (non-hydrogen) atoms. The Morgan fingerprint density at radius 3 is 2.77 bits per heavy atom. The average Bonchev–Trinajstić information content (AvgIpc) is 3.07. The van der Waals surface area contributed by atoms with E-state index in [1.165, 1.54) is 34.8 Å². The van der Waals surface area contributed by atoms with Gasteiger partial charge in [-0.3, -0.25) is 0 Å². The third-order valence-electron chi connectivity index (χ3n) is 4.45. The van der Waals surface area contributed by atoms with Crippen LogP contribution in [0.2, 0.25) is 0 Å². The molecule has 1 heterocycles. The van der Waals surface area contributed by atoms with Crippen LogP contribution in [0.1, 0.15) is 46.5 Å². The topological polar surface area (TPSA) is 64.3 Å². The van der Waals surface area contributed by atoms with Gasteiger partial charge in [0.15, 0.2) is 5.96 Å². The van der Waals surface area contributed by atoms with E-state index in [0.29, 0.717) is 12.1 Å². The molecule has 0 amide bonds. The Balaban J connectivity index is 1.67. The van der Waals surface area contributed by atoms with E-state index in [2.05, 4.69) is 30.3 Å². The molecule has 1 aliphatic carbocycles. The molecule has 5 nitrogen and oxygen atoms in total. The number of hydrogen-bond acceptors (Lipinski definition) is 4. The van der Waals surface area contributed by atoms with Crippen molar-refractivity contribution in [2.75, 3.05) is 13.6 Å². The number of fused-ring (bicyclic) bond motifs is 1. The highest BCUT2D eigenvalue weighted by atomic mass is 32.1. The first-order valence-electron chi connectivity index (χ1n) is 9.15. The highest BCUT2D eigenvalue weighted by Crippen LogP contribution is 2.27. The van der Waals surface area contributed by atoms with Gasteiger partial charge in [0, 0.05) is 18.5 Å². The van der Waals surface area contributed by atoms with Crippen molar-refractivity contribution < 1.29 is 0 Å². The summed E-state index contributed by atoms with van der Waals surface area (Å²) in [5, 5.41) is 13.4. The largest absolute Gasteiger partial charge is 0.357 e. The summed E-state index contributed by atoms with van der Waals surface area (Å²) in [6, 6.07) is 9.73. The maximum absolute atomic E-state index is 8.89. The van der Waals surface area contributed by atoms with Gasteiger partial charge in [-0.2, -0.15) is 5.26 Å². The Morgan fingerprint density at radius 2 is 2.08 bits per heavy atom. The highest BCUT2D eigenvalue weighted by molar-refractivity contribution is 7.11. The molecule has 1 aliphatic rings. The minimum atomic E-state index is 0.590. The van der Waals surface area contributed by atoms with E-state index in [9.17, 15) is 0 Å². The lowest BCUT2D eigenvalue weighted by atomic mass is 10.0. The van der Waals surface area contributed by atoms with Gasteiger partial charge in [0.05, 0.1) is 30.4 Å². The standard InChI is InChI=1S/C20H25N5S/c1-3-22-20(23-13-16-10-8-15(12-21)9-11-16)25(2)14-19-24-17-6-4-5-7-18(17)26-19/h8-11H,3-7,13-14H2,1-2H3,(H,22,23). The Morgan fingerprint density at radius 1 is 1.31 bits per heavy atom. The predicted molar refractivity (Wildman–Crippen MR) is 106 cm³/mol. The monoisotopic (exact) mass is 367 g/mol. The number of nitriles is 1. The number of benzene rings is 1. The van der Waals surface area contributed by atoms with Gasteiger partial charge < -0.3 is 10.2 Å². The van der Waals surface area contributed by atoms with Crippen molar-refractivity contribution >= 4 is 17.3 Å². The van der Waals surface area contributed by atoms with Crippen LogP contribution in [0.5, 0.6) is 0 Å². The zero-order chi connectivity index (χ0) is 18.4. The van der Waals surface area contributed by atoms with Crippen molar-refractivity contribution in [2.24, 2.45) is 4.99 Å². The molecule has 0 radical (unpaired) electrons. The van der Waals surface area contributed by atoms with E-state index in [0.717, 1.165) is 31.0 Å². The fourth-order valence-electron chi connectivity index (χ4n) is 3.07. The summed E-state index contributed by atoms with van der Waals surface area (Å²) in [5.41, 5.74) is 3.08. The number of nitrogens with one attached hydrogen (secondary N) is 1. The first-order valence-corrected chi connectivity index (χ1v) is 9.97. The molecule has 0 saturated heterocycles. The van der Waals surface area contributed by atoms with Crippen molar-refractivity contribution in [1.29, 1.82) is 5.26 Å². The zero-order valence-electron chi connectivity index (χ0n) is 15.5. The molecule has 1 aromatic carbocycles. The normalized spacial score (nSPS) is 13.8. The highest BCUT2D eigenvalue weighted by Gasteiger charge is 2.16. The zero-order valence-corrected chi connectivity index (χ0v) is 16.3. The number of aromatic nitrogens is 1. The molecule has 0 aliphatic heterocycles. The van der Waals surface area contributed by atoms with Gasteiger partial charge in [-0.15, -0.1) is 11.3 Å². The fraction of sp³-hybridized carbons (Fsp3) is 0.450. The molecule has 0 bridgehead atoms. The van der Waals surface area contributed by atoms with Crippen molar-refractivity contribution in [1.82, 2.24) is 15.2 Å². The summed E-state index contributed by atoms with van der Waals surface area (Å²) < 4.78 is 0. The van der Waals surface area contributed by atoms with E-state index < -0.39 is 0 Å². The number of rotatable bonds is 5. The smallest absolute Gasteiger partial charge is 0.194 e. The van der Waals surface area contributed by atoms with Crippen molar-refractivity contribution in [2.45, 2.75) is 45.7 Å². The number of aliphatic imine (C=N–C) groups is 1. The minimum Gasteiger partial charge on any atom is -0.357 e. The second-order valence-corrected chi connectivity index (χ2v) is 7.69. The fourth-order valence-corrected chi connectivity index (χ4v) is 4.28. The van der Waals surface area contributed by atoms with Gasteiger partial charge in [0.25, 0.3) is 0 Å². The van der Waals surface area contributed by atoms with Crippen LogP contribution >= 0.6 is 11.3 Å². The molecular weight excluding hydrogens is 342 g/mol. The maximum atomic E-state index is 8.89. The molecule has 3 rings (SSSR count). The van der Waals surface area contributed by atoms with E-state index in [1.807, 2.05) is 35.6 Å². The summed E-state index contributed by atoms with van der Waals surface area (Å²) in [7, 11) is 2.06. The van der Waals surface area contributed by atoms with Crippen LogP contribution in [0.3, 0.4) is 0 Å². The van der Waals surface area contributed by atoms with Crippen molar-refractivity contribution in [3.05, 3.63) is 51.0 Å². The molecule has 136 valence electrons. The van der Waals surface area contributed by atoms with Gasteiger partial charge in [0.1, 0.15) is 5.01 Å².